The molecule has 1 amide bonds. The van der Waals surface area contributed by atoms with Crippen LogP contribution in [0.3, 0.4) is 0 Å². The van der Waals surface area contributed by atoms with Crippen molar-refractivity contribution in [2.24, 2.45) is 5.84 Å². The number of benzene rings is 3. The van der Waals surface area contributed by atoms with Crippen LogP contribution in [0.15, 0.2) is 54.6 Å². The molecule has 3 aromatic carbocycles. The van der Waals surface area contributed by atoms with Crippen molar-refractivity contribution in [2.75, 3.05) is 0 Å². The Morgan fingerprint density at radius 2 is 1.46 bits per heavy atom. The van der Waals surface area contributed by atoms with Gasteiger partial charge in [0, 0.05) is 12.0 Å². The summed E-state index contributed by atoms with van der Waals surface area (Å²) in [6, 6.07) is 19.6. The Morgan fingerprint density at radius 3 is 2.11 bits per heavy atom. The maximum absolute atomic E-state index is 12.1. The highest BCUT2D eigenvalue weighted by molar-refractivity contribution is 5.96. The van der Waals surface area contributed by atoms with E-state index in [4.69, 9.17) is 5.84 Å². The van der Waals surface area contributed by atoms with E-state index in [0.29, 0.717) is 12.3 Å². The van der Waals surface area contributed by atoms with Crippen LogP contribution in [-0.4, -0.2) is 11.7 Å². The number of aryl methyl sites for hydroxylation is 3. The number of hydrogen-bond acceptors (Lipinski definition) is 3. The number of carbonyl (C=O) groups is 2. The minimum absolute atomic E-state index is 0.0457. The van der Waals surface area contributed by atoms with Gasteiger partial charge in [-0.25, -0.2) is 5.84 Å². The number of ketones is 1. The average Bonchev–Trinajstić information content (AvgIpc) is 2.91. The number of fused-ring (bicyclic) bond motifs is 1. The van der Waals surface area contributed by atoms with Gasteiger partial charge in [0.25, 0.3) is 0 Å². The Bertz CT molecular complexity index is 1150. The maximum Gasteiger partial charge on any atom is 0.234 e. The molecule has 3 N–H and O–H groups in total. The Morgan fingerprint density at radius 1 is 0.811 bits per heavy atom. The van der Waals surface area contributed by atoms with Crippen LogP contribution in [-0.2, 0) is 24.1 Å². The van der Waals surface area contributed by atoms with Crippen LogP contribution in [0.25, 0.3) is 10.8 Å². The van der Waals surface area contributed by atoms with Crippen molar-refractivity contribution in [1.82, 2.24) is 5.43 Å². The minimum atomic E-state index is -0.218. The molecule has 0 radical (unpaired) electrons. The molecule has 0 aliphatic rings. The smallest absolute Gasteiger partial charge is 0.234 e. The highest BCUT2D eigenvalue weighted by atomic mass is 16.2. The largest absolute Gasteiger partial charge is 0.295 e. The van der Waals surface area contributed by atoms with E-state index in [1.807, 2.05) is 26.0 Å². The molecule has 4 nitrogen and oxygen atoms in total. The topological polar surface area (TPSA) is 72.2 Å². The molecule has 0 heterocycles. The summed E-state index contributed by atoms with van der Waals surface area (Å²) >= 11 is 0. The molecule has 0 atom stereocenters. The molecule has 0 saturated carbocycles. The molecule has 0 aliphatic heterocycles. The van der Waals surface area contributed by atoms with E-state index in [2.05, 4.69) is 61.7 Å². The van der Waals surface area contributed by atoms with Gasteiger partial charge in [0.2, 0.25) is 5.91 Å². The van der Waals surface area contributed by atoms with E-state index >= 15 is 0 Å². The normalized spacial score (nSPS) is 10.8. The zero-order valence-electron chi connectivity index (χ0n) is 23.5. The number of hydrazine groups is 1. The van der Waals surface area contributed by atoms with Gasteiger partial charge < -0.3 is 0 Å². The van der Waals surface area contributed by atoms with Crippen LogP contribution in [0, 0.1) is 0 Å². The van der Waals surface area contributed by atoms with E-state index < -0.39 is 0 Å². The lowest BCUT2D eigenvalue weighted by Gasteiger charge is -2.13. The Hall–Kier alpha value is -2.98. The number of carbonyl (C=O) groups excluding carboxylic acids is 2. The van der Waals surface area contributed by atoms with Crippen molar-refractivity contribution in [3.05, 3.63) is 82.4 Å². The summed E-state index contributed by atoms with van der Waals surface area (Å²) in [5.74, 6) is 5.51. The monoisotopic (exact) mass is 502 g/mol. The van der Waals surface area contributed by atoms with Gasteiger partial charge in [-0.05, 0) is 84.0 Å². The standard InChI is InChI=1S/C31H40N2O2.C2H6/c1-22(2)29-21-25(19-27-13-9-10-14-28(27)29)12-8-6-4-5-7-11-24-15-16-26(17-18-31(35)33-32)30(20-24)23(3)34;1-2/h9-10,13-16,19-22H,4-8,11-12,17-18,32H2,1-3H3,(H,33,35);1-2H3. The van der Waals surface area contributed by atoms with Gasteiger partial charge in [0.1, 0.15) is 0 Å². The van der Waals surface area contributed by atoms with E-state index in [1.165, 1.54) is 53.1 Å². The molecule has 0 aliphatic carbocycles. The summed E-state index contributed by atoms with van der Waals surface area (Å²) in [5.41, 5.74) is 7.89. The van der Waals surface area contributed by atoms with Gasteiger partial charge >= 0.3 is 0 Å². The molecule has 3 aromatic rings. The number of hydrogen-bond donors (Lipinski definition) is 2. The summed E-state index contributed by atoms with van der Waals surface area (Å²) in [7, 11) is 0. The lowest BCUT2D eigenvalue weighted by atomic mass is 9.92. The first-order chi connectivity index (χ1) is 17.9. The van der Waals surface area contributed by atoms with E-state index in [0.717, 1.165) is 30.4 Å². The van der Waals surface area contributed by atoms with Crippen LogP contribution in [0.2, 0.25) is 0 Å². The SMILES string of the molecule is CC.CC(=O)c1cc(CCCCCCCc2cc(C(C)C)c3ccccc3c2)ccc1CCC(=O)NN. The second kappa shape index (κ2) is 16.0. The molecule has 0 saturated heterocycles. The van der Waals surface area contributed by atoms with E-state index in [9.17, 15) is 9.59 Å². The van der Waals surface area contributed by atoms with Crippen LogP contribution in [0.5, 0.6) is 0 Å². The number of rotatable bonds is 13. The molecule has 0 fully saturated rings. The molecule has 0 bridgehead atoms. The predicted octanol–water partition coefficient (Wildman–Crippen LogP) is 7.85. The molecule has 200 valence electrons. The molecule has 3 rings (SSSR count). The average molecular weight is 503 g/mol. The van der Waals surface area contributed by atoms with Gasteiger partial charge in [-0.1, -0.05) is 95.5 Å². The third-order valence-corrected chi connectivity index (χ3v) is 6.84. The number of nitrogens with two attached hydrogens (primary N) is 1. The fraction of sp³-hybridized carbons (Fsp3) is 0.455. The molecular weight excluding hydrogens is 456 g/mol. The van der Waals surface area contributed by atoms with Crippen LogP contribution in [0.1, 0.15) is 112 Å². The van der Waals surface area contributed by atoms with Crippen molar-refractivity contribution in [3.8, 4) is 0 Å². The minimum Gasteiger partial charge on any atom is -0.295 e. The maximum atomic E-state index is 12.1. The Balaban J connectivity index is 0.00000235. The van der Waals surface area contributed by atoms with Gasteiger partial charge in [-0.3, -0.25) is 15.0 Å². The molecule has 0 spiro atoms. The second-order valence-corrected chi connectivity index (χ2v) is 9.94. The number of Topliss-reactive ketones (excluding diaryl/α,β-unsaturated/α-hetero) is 1. The second-order valence-electron chi connectivity index (χ2n) is 9.94. The fourth-order valence-electron chi connectivity index (χ4n) is 4.86. The van der Waals surface area contributed by atoms with Crippen LogP contribution in [0.4, 0.5) is 0 Å². The molecule has 4 heteroatoms. The quantitative estimate of drug-likeness (QED) is 0.0822. The molecule has 0 aromatic heterocycles. The molecular formula is C33H46N2O2. The van der Waals surface area contributed by atoms with Crippen molar-refractivity contribution in [1.29, 1.82) is 0 Å². The summed E-state index contributed by atoms with van der Waals surface area (Å²) in [4.78, 5) is 23.5. The van der Waals surface area contributed by atoms with Gasteiger partial charge in [0.05, 0.1) is 0 Å². The third-order valence-electron chi connectivity index (χ3n) is 6.84. The summed E-state index contributed by atoms with van der Waals surface area (Å²) in [6.07, 6.45) is 8.93. The number of unbranched alkanes of at least 4 members (excludes halogenated alkanes) is 4. The van der Waals surface area contributed by atoms with Crippen molar-refractivity contribution in [3.63, 3.8) is 0 Å². The first-order valence-corrected chi connectivity index (χ1v) is 14.0. The highest BCUT2D eigenvalue weighted by Crippen LogP contribution is 2.28. The van der Waals surface area contributed by atoms with Gasteiger partial charge in [0.15, 0.2) is 5.78 Å². The summed E-state index contributed by atoms with van der Waals surface area (Å²) < 4.78 is 0. The van der Waals surface area contributed by atoms with Crippen molar-refractivity contribution >= 4 is 22.5 Å². The molecule has 37 heavy (non-hydrogen) atoms. The van der Waals surface area contributed by atoms with Crippen LogP contribution >= 0.6 is 0 Å². The Labute approximate surface area is 224 Å². The number of amides is 1. The van der Waals surface area contributed by atoms with E-state index in [-0.39, 0.29) is 18.1 Å². The lowest BCUT2D eigenvalue weighted by Crippen LogP contribution is -2.30. The van der Waals surface area contributed by atoms with Crippen molar-refractivity contribution in [2.45, 2.75) is 98.3 Å². The zero-order valence-corrected chi connectivity index (χ0v) is 23.5. The van der Waals surface area contributed by atoms with Gasteiger partial charge in [-0.2, -0.15) is 0 Å². The highest BCUT2D eigenvalue weighted by Gasteiger charge is 2.11. The Kier molecular flexibility index (Phi) is 13.1. The first kappa shape index (κ1) is 30.2. The summed E-state index contributed by atoms with van der Waals surface area (Å²) in [6.45, 7) is 10.1. The first-order valence-electron chi connectivity index (χ1n) is 14.0. The predicted molar refractivity (Wildman–Crippen MR) is 157 cm³/mol. The summed E-state index contributed by atoms with van der Waals surface area (Å²) in [5, 5.41) is 2.74. The van der Waals surface area contributed by atoms with E-state index in [1.54, 1.807) is 6.92 Å². The number of nitrogens with one attached hydrogen (secondary N) is 1. The van der Waals surface area contributed by atoms with Gasteiger partial charge in [-0.15, -0.1) is 0 Å². The fourth-order valence-corrected chi connectivity index (χ4v) is 4.86. The zero-order chi connectivity index (χ0) is 27.2. The lowest BCUT2D eigenvalue weighted by molar-refractivity contribution is -0.121. The third kappa shape index (κ3) is 9.44. The van der Waals surface area contributed by atoms with Crippen molar-refractivity contribution < 1.29 is 9.59 Å². The molecule has 0 unspecified atom stereocenters. The van der Waals surface area contributed by atoms with Crippen LogP contribution < -0.4 is 11.3 Å².